The molecule has 140 valence electrons. The summed E-state index contributed by atoms with van der Waals surface area (Å²) in [6.07, 6.45) is 2.67. The zero-order valence-corrected chi connectivity index (χ0v) is 16.7. The first-order valence-electron chi connectivity index (χ1n) is 8.80. The number of piperidine rings is 1. The van der Waals surface area contributed by atoms with Gasteiger partial charge in [-0.1, -0.05) is 30.2 Å². The highest BCUT2D eigenvalue weighted by molar-refractivity contribution is 7.91. The van der Waals surface area contributed by atoms with Gasteiger partial charge in [-0.15, -0.1) is 11.3 Å². The quantitative estimate of drug-likeness (QED) is 0.838. The van der Waals surface area contributed by atoms with Crippen LogP contribution in [0.25, 0.3) is 0 Å². The molecule has 1 fully saturated rings. The van der Waals surface area contributed by atoms with E-state index in [4.69, 9.17) is 0 Å². The minimum absolute atomic E-state index is 0.143. The fraction of sp³-hybridized carbons (Fsp3) is 0.421. The van der Waals surface area contributed by atoms with Crippen LogP contribution in [-0.4, -0.2) is 31.2 Å². The van der Waals surface area contributed by atoms with Crippen LogP contribution in [0.15, 0.2) is 39.9 Å². The second-order valence-electron chi connectivity index (χ2n) is 6.77. The molecule has 5 nitrogen and oxygen atoms in total. The lowest BCUT2D eigenvalue weighted by Crippen LogP contribution is -2.45. The topological polar surface area (TPSA) is 66.5 Å². The maximum Gasteiger partial charge on any atom is 0.252 e. The van der Waals surface area contributed by atoms with Gasteiger partial charge in [0.05, 0.1) is 0 Å². The molecule has 26 heavy (non-hydrogen) atoms. The Bertz CT molecular complexity index is 876. The van der Waals surface area contributed by atoms with Crippen LogP contribution in [0.5, 0.6) is 0 Å². The van der Waals surface area contributed by atoms with Crippen molar-refractivity contribution in [3.05, 3.63) is 46.8 Å². The zero-order valence-electron chi connectivity index (χ0n) is 15.1. The molecule has 0 saturated carbocycles. The van der Waals surface area contributed by atoms with Gasteiger partial charge < -0.3 is 5.32 Å². The van der Waals surface area contributed by atoms with E-state index in [1.54, 1.807) is 17.5 Å². The van der Waals surface area contributed by atoms with Gasteiger partial charge in [0.15, 0.2) is 0 Å². The fourth-order valence-electron chi connectivity index (χ4n) is 3.39. The molecule has 7 heteroatoms. The van der Waals surface area contributed by atoms with Crippen LogP contribution in [0.1, 0.15) is 36.8 Å². The van der Waals surface area contributed by atoms with Gasteiger partial charge in [-0.3, -0.25) is 4.79 Å². The Morgan fingerprint density at radius 1 is 1.27 bits per heavy atom. The van der Waals surface area contributed by atoms with Gasteiger partial charge in [0.2, 0.25) is 5.91 Å². The minimum atomic E-state index is -3.53. The maximum atomic E-state index is 12.9. The summed E-state index contributed by atoms with van der Waals surface area (Å²) in [5, 5.41) is 4.70. The summed E-state index contributed by atoms with van der Waals surface area (Å²) in [5.74, 6) is -0.143. The predicted molar refractivity (Wildman–Crippen MR) is 105 cm³/mol. The summed E-state index contributed by atoms with van der Waals surface area (Å²) in [6, 6.07) is 8.94. The largest absolute Gasteiger partial charge is 0.326 e. The van der Waals surface area contributed by atoms with E-state index in [0.29, 0.717) is 17.2 Å². The molecule has 0 aliphatic carbocycles. The number of carbonyl (C=O) groups excluding carboxylic acids is 1. The number of nitrogens with one attached hydrogen (secondary N) is 1. The highest BCUT2D eigenvalue weighted by Crippen LogP contribution is 2.29. The zero-order chi connectivity index (χ0) is 18.7. The Morgan fingerprint density at radius 3 is 2.77 bits per heavy atom. The predicted octanol–water partition coefficient (Wildman–Crippen LogP) is 3.94. The molecule has 0 unspecified atom stereocenters. The van der Waals surface area contributed by atoms with Gasteiger partial charge >= 0.3 is 0 Å². The first-order chi connectivity index (χ1) is 12.4. The number of carbonyl (C=O) groups is 1. The van der Waals surface area contributed by atoms with Crippen LogP contribution in [0, 0.1) is 13.8 Å². The standard InChI is InChI=1S/C19H24N2O3S2/c1-14-8-9-17(15(2)12-14)20-18(22)13-16-6-3-4-10-21(16)26(23,24)19-7-5-11-25-19/h5,7-9,11-12,16H,3-4,6,10,13H2,1-2H3,(H,20,22)/t16-/m0/s1. The van der Waals surface area contributed by atoms with E-state index in [1.165, 1.54) is 15.6 Å². The van der Waals surface area contributed by atoms with Crippen LogP contribution in [0.3, 0.4) is 0 Å². The minimum Gasteiger partial charge on any atom is -0.326 e. The lowest BCUT2D eigenvalue weighted by Gasteiger charge is -2.34. The van der Waals surface area contributed by atoms with Gasteiger partial charge in [0, 0.05) is 24.7 Å². The Labute approximate surface area is 159 Å². The molecule has 1 N–H and O–H groups in total. The molecule has 0 spiro atoms. The fourth-order valence-corrected chi connectivity index (χ4v) is 6.20. The SMILES string of the molecule is Cc1ccc(NC(=O)C[C@@H]2CCCCN2S(=O)(=O)c2cccs2)c(C)c1. The number of aryl methyl sites for hydroxylation is 2. The monoisotopic (exact) mass is 392 g/mol. The molecule has 1 aromatic carbocycles. The molecular formula is C19H24N2O3S2. The number of hydrogen-bond donors (Lipinski definition) is 1. The molecule has 2 heterocycles. The molecular weight excluding hydrogens is 368 g/mol. The van der Waals surface area contributed by atoms with E-state index in [2.05, 4.69) is 5.32 Å². The number of sulfonamides is 1. The lowest BCUT2D eigenvalue weighted by atomic mass is 10.0. The van der Waals surface area contributed by atoms with Gasteiger partial charge in [0.1, 0.15) is 4.21 Å². The van der Waals surface area contributed by atoms with Crippen molar-refractivity contribution in [3.8, 4) is 0 Å². The van der Waals surface area contributed by atoms with E-state index in [-0.39, 0.29) is 18.4 Å². The van der Waals surface area contributed by atoms with E-state index in [1.807, 2.05) is 32.0 Å². The lowest BCUT2D eigenvalue weighted by molar-refractivity contribution is -0.117. The van der Waals surface area contributed by atoms with E-state index >= 15 is 0 Å². The number of amides is 1. The number of benzene rings is 1. The van der Waals surface area contributed by atoms with Gasteiger partial charge in [0.25, 0.3) is 10.0 Å². The van der Waals surface area contributed by atoms with E-state index in [9.17, 15) is 13.2 Å². The summed E-state index contributed by atoms with van der Waals surface area (Å²) < 4.78 is 27.7. The first kappa shape index (κ1) is 19.1. The van der Waals surface area contributed by atoms with Crippen molar-refractivity contribution < 1.29 is 13.2 Å². The van der Waals surface area contributed by atoms with Crippen LogP contribution >= 0.6 is 11.3 Å². The molecule has 3 rings (SSSR count). The second-order valence-corrected chi connectivity index (χ2v) is 9.83. The third-order valence-electron chi connectivity index (χ3n) is 4.71. The van der Waals surface area contributed by atoms with Crippen LogP contribution < -0.4 is 5.32 Å². The van der Waals surface area contributed by atoms with Crippen molar-refractivity contribution in [3.63, 3.8) is 0 Å². The molecule has 1 amide bonds. The third kappa shape index (κ3) is 4.16. The molecule has 2 aromatic rings. The molecule has 1 aliphatic heterocycles. The van der Waals surface area contributed by atoms with Crippen molar-refractivity contribution in [1.29, 1.82) is 0 Å². The number of thiophene rings is 1. The van der Waals surface area contributed by atoms with Crippen molar-refractivity contribution >= 4 is 33.0 Å². The normalized spacial score (nSPS) is 18.6. The number of anilines is 1. The summed E-state index contributed by atoms with van der Waals surface area (Å²) in [4.78, 5) is 12.5. The molecule has 1 saturated heterocycles. The first-order valence-corrected chi connectivity index (χ1v) is 11.1. The van der Waals surface area contributed by atoms with Crippen molar-refractivity contribution in [2.45, 2.75) is 49.8 Å². The van der Waals surface area contributed by atoms with Gasteiger partial charge in [-0.25, -0.2) is 8.42 Å². The van der Waals surface area contributed by atoms with Gasteiger partial charge in [-0.05, 0) is 49.8 Å². The van der Waals surface area contributed by atoms with E-state index in [0.717, 1.165) is 29.7 Å². The van der Waals surface area contributed by atoms with Crippen LogP contribution in [0.4, 0.5) is 5.69 Å². The van der Waals surface area contributed by atoms with Crippen LogP contribution in [-0.2, 0) is 14.8 Å². The van der Waals surface area contributed by atoms with Crippen LogP contribution in [0.2, 0.25) is 0 Å². The molecule has 1 aromatic heterocycles. The average molecular weight is 393 g/mol. The van der Waals surface area contributed by atoms with Crippen molar-refractivity contribution in [2.75, 3.05) is 11.9 Å². The number of rotatable bonds is 5. The van der Waals surface area contributed by atoms with Gasteiger partial charge in [-0.2, -0.15) is 4.31 Å². The Kier molecular flexibility index (Phi) is 5.79. The molecule has 0 radical (unpaired) electrons. The van der Waals surface area contributed by atoms with Crippen molar-refractivity contribution in [1.82, 2.24) is 4.31 Å². The Morgan fingerprint density at radius 2 is 2.08 bits per heavy atom. The maximum absolute atomic E-state index is 12.9. The molecule has 0 bridgehead atoms. The highest BCUT2D eigenvalue weighted by atomic mass is 32.2. The number of nitrogens with zero attached hydrogens (tertiary/aromatic N) is 1. The Balaban J connectivity index is 1.73. The molecule has 1 atom stereocenters. The third-order valence-corrected chi connectivity index (χ3v) is 8.03. The van der Waals surface area contributed by atoms with E-state index < -0.39 is 10.0 Å². The summed E-state index contributed by atoms with van der Waals surface area (Å²) in [7, 11) is -3.53. The number of hydrogen-bond acceptors (Lipinski definition) is 4. The van der Waals surface area contributed by atoms with Crippen molar-refractivity contribution in [2.24, 2.45) is 0 Å². The summed E-state index contributed by atoms with van der Waals surface area (Å²) in [5.41, 5.74) is 2.93. The average Bonchev–Trinajstić information content (AvgIpc) is 3.13. The second kappa shape index (κ2) is 7.90. The smallest absolute Gasteiger partial charge is 0.252 e. The highest BCUT2D eigenvalue weighted by Gasteiger charge is 2.35. The summed E-state index contributed by atoms with van der Waals surface area (Å²) in [6.45, 7) is 4.44. The molecule has 1 aliphatic rings. The Hall–Kier alpha value is -1.70. The summed E-state index contributed by atoms with van der Waals surface area (Å²) >= 11 is 1.22.